The van der Waals surface area contributed by atoms with Gasteiger partial charge in [0.15, 0.2) is 0 Å². The Morgan fingerprint density at radius 3 is 2.65 bits per heavy atom. The van der Waals surface area contributed by atoms with E-state index in [0.29, 0.717) is 25.5 Å². The van der Waals surface area contributed by atoms with Crippen molar-refractivity contribution in [2.75, 3.05) is 16.0 Å². The van der Waals surface area contributed by atoms with Crippen LogP contribution in [0.15, 0.2) is 36.5 Å². The first-order valence-electron chi connectivity index (χ1n) is 10.6. The number of anilines is 4. The van der Waals surface area contributed by atoms with Gasteiger partial charge in [-0.1, -0.05) is 12.5 Å². The molecule has 0 radical (unpaired) electrons. The number of allylic oxidation sites excluding steroid dienone is 1. The highest BCUT2D eigenvalue weighted by atomic mass is 19.4. The third-order valence-corrected chi connectivity index (χ3v) is 5.31. The van der Waals surface area contributed by atoms with Crippen LogP contribution in [0.25, 0.3) is 0 Å². The molecular weight excluding hydrogens is 456 g/mol. The number of alkyl halides is 3. The second-order valence-electron chi connectivity index (χ2n) is 7.86. The van der Waals surface area contributed by atoms with Crippen molar-refractivity contribution >= 4 is 35.0 Å². The minimum atomic E-state index is -4.78. The summed E-state index contributed by atoms with van der Waals surface area (Å²) in [4.78, 5) is 31.2. The molecule has 2 atom stereocenters. The molecule has 5 N–H and O–H groups in total. The van der Waals surface area contributed by atoms with Crippen molar-refractivity contribution in [1.82, 2.24) is 9.97 Å². The maximum Gasteiger partial charge on any atom is 0.421 e. The zero-order valence-electron chi connectivity index (χ0n) is 18.2. The topological polar surface area (TPSA) is 122 Å². The molecule has 0 saturated heterocycles. The van der Waals surface area contributed by atoms with Gasteiger partial charge in [-0.25, -0.2) is 9.37 Å². The summed E-state index contributed by atoms with van der Waals surface area (Å²) in [6.45, 7) is 1.60. The minimum absolute atomic E-state index is 0.000798. The smallest absolute Gasteiger partial charge is 0.369 e. The van der Waals surface area contributed by atoms with Gasteiger partial charge in [-0.3, -0.25) is 9.59 Å². The van der Waals surface area contributed by atoms with Crippen molar-refractivity contribution in [2.45, 2.75) is 44.8 Å². The Labute approximate surface area is 193 Å². The molecule has 2 unspecified atom stereocenters. The lowest BCUT2D eigenvalue weighted by Crippen LogP contribution is -2.34. The van der Waals surface area contributed by atoms with Crippen molar-refractivity contribution < 1.29 is 27.2 Å². The summed E-state index contributed by atoms with van der Waals surface area (Å²) in [7, 11) is 0. The molecule has 12 heteroatoms. The van der Waals surface area contributed by atoms with Crippen molar-refractivity contribution in [3.63, 3.8) is 0 Å². The maximum absolute atomic E-state index is 13.8. The lowest BCUT2D eigenvalue weighted by Gasteiger charge is -2.28. The Morgan fingerprint density at radius 2 is 1.97 bits per heavy atom. The second-order valence-corrected chi connectivity index (χ2v) is 7.86. The summed E-state index contributed by atoms with van der Waals surface area (Å²) < 4.78 is 54.6. The van der Waals surface area contributed by atoms with Crippen LogP contribution in [0.4, 0.5) is 40.7 Å². The fourth-order valence-corrected chi connectivity index (χ4v) is 3.70. The van der Waals surface area contributed by atoms with Gasteiger partial charge in [0.25, 0.3) is 0 Å². The normalized spacial score (nSPS) is 18.5. The van der Waals surface area contributed by atoms with E-state index < -0.39 is 35.2 Å². The molecule has 182 valence electrons. The van der Waals surface area contributed by atoms with E-state index in [9.17, 15) is 27.2 Å². The van der Waals surface area contributed by atoms with Gasteiger partial charge in [0.1, 0.15) is 17.2 Å². The van der Waals surface area contributed by atoms with Crippen LogP contribution in [0.1, 0.15) is 38.2 Å². The predicted molar refractivity (Wildman–Crippen MR) is 119 cm³/mol. The molecule has 0 spiro atoms. The van der Waals surface area contributed by atoms with Crippen LogP contribution in [-0.4, -0.2) is 27.8 Å². The van der Waals surface area contributed by atoms with Gasteiger partial charge < -0.3 is 21.7 Å². The van der Waals surface area contributed by atoms with Gasteiger partial charge in [-0.05, 0) is 50.5 Å². The number of carbonyl (C=O) groups excluding carboxylic acids is 2. The molecule has 2 aromatic rings. The van der Waals surface area contributed by atoms with Crippen LogP contribution in [0.5, 0.6) is 0 Å². The quantitative estimate of drug-likeness (QED) is 0.345. The summed E-state index contributed by atoms with van der Waals surface area (Å²) >= 11 is 0. The average molecular weight is 480 g/mol. The number of hydrogen-bond acceptors (Lipinski definition) is 6. The van der Waals surface area contributed by atoms with Gasteiger partial charge in [0, 0.05) is 18.2 Å². The van der Waals surface area contributed by atoms with E-state index in [1.807, 2.05) is 0 Å². The first-order valence-corrected chi connectivity index (χ1v) is 10.6. The molecule has 34 heavy (non-hydrogen) atoms. The number of nitrogens with zero attached hydrogens (tertiary/aromatic N) is 2. The van der Waals surface area contributed by atoms with Crippen molar-refractivity contribution in [2.24, 2.45) is 11.7 Å². The molecule has 1 aliphatic rings. The number of hydrogen-bond donors (Lipinski definition) is 4. The molecule has 1 aromatic heterocycles. The molecule has 1 heterocycles. The number of carbonyl (C=O) groups is 2. The van der Waals surface area contributed by atoms with Crippen molar-refractivity contribution in [1.29, 1.82) is 0 Å². The minimum Gasteiger partial charge on any atom is -0.369 e. The summed E-state index contributed by atoms with van der Waals surface area (Å²) in [6, 6.07) is 2.96. The lowest BCUT2D eigenvalue weighted by atomic mass is 9.85. The Bertz CT molecular complexity index is 1090. The largest absolute Gasteiger partial charge is 0.421 e. The standard InChI is InChI=1S/C22H24F4N6O2/c1-2-4-18(33)30-17-10-13(23)7-8-16(17)31-20-15(22(24,25)26)11-28-21(32-20)29-14-6-3-5-12(9-14)19(27)34/h2,4,7-8,10-12,14H,3,5-6,9H2,1H3,(H2,27,34)(H,30,33)(H2,28,29,31,32). The van der Waals surface area contributed by atoms with Gasteiger partial charge >= 0.3 is 6.18 Å². The third-order valence-electron chi connectivity index (χ3n) is 5.31. The summed E-state index contributed by atoms with van der Waals surface area (Å²) in [6.07, 6.45) is 0.969. The van der Waals surface area contributed by atoms with Crippen LogP contribution in [0, 0.1) is 11.7 Å². The molecule has 0 aliphatic heterocycles. The van der Waals surface area contributed by atoms with Crippen LogP contribution in [0.2, 0.25) is 0 Å². The molecule has 1 saturated carbocycles. The van der Waals surface area contributed by atoms with Crippen molar-refractivity contribution in [3.05, 3.63) is 47.9 Å². The van der Waals surface area contributed by atoms with Crippen LogP contribution in [0.3, 0.4) is 0 Å². The van der Waals surface area contributed by atoms with E-state index in [1.54, 1.807) is 6.92 Å². The van der Waals surface area contributed by atoms with Crippen molar-refractivity contribution in [3.8, 4) is 0 Å². The first kappa shape index (κ1) is 24.9. The Morgan fingerprint density at radius 1 is 1.21 bits per heavy atom. The number of aromatic nitrogens is 2. The maximum atomic E-state index is 13.8. The molecule has 0 bridgehead atoms. The Kier molecular flexibility index (Phi) is 7.69. The zero-order chi connectivity index (χ0) is 24.9. The predicted octanol–water partition coefficient (Wildman–Crippen LogP) is 4.35. The van der Waals surface area contributed by atoms with Gasteiger partial charge in [0.05, 0.1) is 11.4 Å². The number of benzene rings is 1. The van der Waals surface area contributed by atoms with Gasteiger partial charge in [-0.15, -0.1) is 0 Å². The summed E-state index contributed by atoms with van der Waals surface area (Å²) in [5.74, 6) is -2.69. The Balaban J connectivity index is 1.91. The summed E-state index contributed by atoms with van der Waals surface area (Å²) in [5.41, 5.74) is 4.17. The average Bonchev–Trinajstić information content (AvgIpc) is 2.75. The molecule has 1 fully saturated rings. The van der Waals surface area contributed by atoms with E-state index in [2.05, 4.69) is 25.9 Å². The highest BCUT2D eigenvalue weighted by Crippen LogP contribution is 2.37. The SMILES string of the molecule is CC=CC(=O)Nc1cc(F)ccc1Nc1nc(NC2CCCC(C(N)=O)C2)ncc1C(F)(F)F. The van der Waals surface area contributed by atoms with Gasteiger partial charge in [0.2, 0.25) is 17.8 Å². The fourth-order valence-electron chi connectivity index (χ4n) is 3.70. The van der Waals surface area contributed by atoms with Crippen LogP contribution in [-0.2, 0) is 15.8 Å². The number of halogens is 4. The summed E-state index contributed by atoms with van der Waals surface area (Å²) in [5, 5.41) is 7.92. The highest BCUT2D eigenvalue weighted by molar-refractivity contribution is 6.01. The number of primary amides is 1. The van der Waals surface area contributed by atoms with E-state index in [1.165, 1.54) is 18.2 Å². The highest BCUT2D eigenvalue weighted by Gasteiger charge is 2.36. The first-order chi connectivity index (χ1) is 16.1. The number of nitrogens with one attached hydrogen (secondary N) is 3. The van der Waals surface area contributed by atoms with Gasteiger partial charge in [-0.2, -0.15) is 18.2 Å². The monoisotopic (exact) mass is 480 g/mol. The number of nitrogens with two attached hydrogens (primary N) is 1. The fraction of sp³-hybridized carbons (Fsp3) is 0.364. The number of amides is 2. The zero-order valence-corrected chi connectivity index (χ0v) is 18.2. The Hall–Kier alpha value is -3.70. The molecule has 3 rings (SSSR count). The van der Waals surface area contributed by atoms with E-state index in [4.69, 9.17) is 5.73 Å². The van der Waals surface area contributed by atoms with Crippen LogP contribution >= 0.6 is 0 Å². The van der Waals surface area contributed by atoms with E-state index >= 15 is 0 Å². The van der Waals surface area contributed by atoms with E-state index in [-0.39, 0.29) is 29.3 Å². The molecule has 1 aliphatic carbocycles. The molecule has 2 amide bonds. The number of rotatable bonds is 7. The lowest BCUT2D eigenvalue weighted by molar-refractivity contribution is -0.137. The second kappa shape index (κ2) is 10.5. The molecule has 1 aromatic carbocycles. The molecular formula is C22H24F4N6O2. The van der Waals surface area contributed by atoms with Crippen LogP contribution < -0.4 is 21.7 Å². The third kappa shape index (κ3) is 6.42. The molecule has 8 nitrogen and oxygen atoms in total. The van der Waals surface area contributed by atoms with E-state index in [0.717, 1.165) is 18.6 Å².